The minimum Gasteiger partial charge on any atom is -0.494 e. The van der Waals surface area contributed by atoms with Crippen LogP contribution in [0.15, 0.2) is 18.2 Å². The van der Waals surface area contributed by atoms with E-state index in [9.17, 15) is 0 Å². The highest BCUT2D eigenvalue weighted by molar-refractivity contribution is 5.37. The van der Waals surface area contributed by atoms with Gasteiger partial charge >= 0.3 is 0 Å². The Kier molecular flexibility index (Phi) is 5.97. The summed E-state index contributed by atoms with van der Waals surface area (Å²) in [7, 11) is 1.98. The number of likely N-dealkylation sites (N-methyl/N-ethyl adjacent to an activating group) is 1. The third-order valence-corrected chi connectivity index (χ3v) is 2.59. The molecule has 4 nitrogen and oxygen atoms in total. The van der Waals surface area contributed by atoms with E-state index in [0.29, 0.717) is 19.7 Å². The lowest BCUT2D eigenvalue weighted by atomic mass is 10.1. The normalized spacial score (nSPS) is 10.9. The molecule has 0 aromatic heterocycles. The minimum absolute atomic E-state index is 0.176. The first-order chi connectivity index (χ1) is 8.21. The Balaban J connectivity index is 2.76. The quantitative estimate of drug-likeness (QED) is 0.743. The Bertz CT molecular complexity index is 342. The molecule has 3 N–H and O–H groups in total. The van der Waals surface area contributed by atoms with Gasteiger partial charge in [0, 0.05) is 25.2 Å². The van der Waals surface area contributed by atoms with Crippen molar-refractivity contribution in [2.75, 3.05) is 26.8 Å². The molecule has 0 atom stereocenters. The van der Waals surface area contributed by atoms with Crippen LogP contribution in [0.3, 0.4) is 0 Å². The van der Waals surface area contributed by atoms with Crippen molar-refractivity contribution in [1.82, 2.24) is 4.90 Å². The van der Waals surface area contributed by atoms with Gasteiger partial charge in [0.25, 0.3) is 0 Å². The molecule has 0 radical (unpaired) electrons. The highest BCUT2D eigenvalue weighted by atomic mass is 16.5. The van der Waals surface area contributed by atoms with Gasteiger partial charge in [-0.2, -0.15) is 0 Å². The van der Waals surface area contributed by atoms with Gasteiger partial charge in [-0.05, 0) is 25.6 Å². The lowest BCUT2D eigenvalue weighted by molar-refractivity contribution is 0.217. The molecule has 0 aliphatic heterocycles. The fourth-order valence-electron chi connectivity index (χ4n) is 1.72. The van der Waals surface area contributed by atoms with E-state index in [2.05, 4.69) is 11.0 Å². The number of hydrogen-bond acceptors (Lipinski definition) is 4. The van der Waals surface area contributed by atoms with E-state index < -0.39 is 0 Å². The summed E-state index contributed by atoms with van der Waals surface area (Å²) in [4.78, 5) is 2.06. The summed E-state index contributed by atoms with van der Waals surface area (Å²) in [5, 5.41) is 8.85. The molecule has 1 aromatic rings. The van der Waals surface area contributed by atoms with E-state index in [1.165, 1.54) is 5.56 Å². The molecular formula is C13H22N2O2. The molecule has 0 aliphatic rings. The van der Waals surface area contributed by atoms with Gasteiger partial charge in [0.05, 0.1) is 13.2 Å². The van der Waals surface area contributed by atoms with Crippen LogP contribution in [0.5, 0.6) is 5.75 Å². The van der Waals surface area contributed by atoms with Gasteiger partial charge in [0.15, 0.2) is 0 Å². The van der Waals surface area contributed by atoms with Crippen LogP contribution in [0.2, 0.25) is 0 Å². The largest absolute Gasteiger partial charge is 0.494 e. The van der Waals surface area contributed by atoms with Crippen LogP contribution in [-0.4, -0.2) is 36.8 Å². The molecule has 0 spiro atoms. The SMILES string of the molecule is CCOc1cc(CN(C)CCO)ccc1CN. The summed E-state index contributed by atoms with van der Waals surface area (Å²) in [5.41, 5.74) is 7.85. The number of nitrogens with zero attached hydrogens (tertiary/aromatic N) is 1. The average molecular weight is 238 g/mol. The molecule has 0 unspecified atom stereocenters. The van der Waals surface area contributed by atoms with E-state index in [1.54, 1.807) is 0 Å². The third kappa shape index (κ3) is 4.34. The van der Waals surface area contributed by atoms with Crippen molar-refractivity contribution in [3.8, 4) is 5.75 Å². The number of benzene rings is 1. The monoisotopic (exact) mass is 238 g/mol. The maximum absolute atomic E-state index is 8.85. The predicted octanol–water partition coefficient (Wildman–Crippen LogP) is 0.968. The van der Waals surface area contributed by atoms with Gasteiger partial charge in [-0.25, -0.2) is 0 Å². The molecule has 0 aliphatic carbocycles. The zero-order chi connectivity index (χ0) is 12.7. The number of nitrogens with two attached hydrogens (primary N) is 1. The molecule has 0 amide bonds. The summed E-state index contributed by atoms with van der Waals surface area (Å²) in [6, 6.07) is 6.09. The molecule has 1 rings (SSSR count). The van der Waals surface area contributed by atoms with Gasteiger partial charge in [-0.1, -0.05) is 12.1 Å². The van der Waals surface area contributed by atoms with Crippen molar-refractivity contribution in [1.29, 1.82) is 0 Å². The summed E-state index contributed by atoms with van der Waals surface area (Å²) in [6.45, 7) is 4.74. The molecule has 0 saturated heterocycles. The van der Waals surface area contributed by atoms with Gasteiger partial charge in [-0.15, -0.1) is 0 Å². The maximum atomic E-state index is 8.85. The smallest absolute Gasteiger partial charge is 0.124 e. The van der Waals surface area contributed by atoms with Crippen molar-refractivity contribution in [2.45, 2.75) is 20.0 Å². The zero-order valence-electron chi connectivity index (χ0n) is 10.6. The van der Waals surface area contributed by atoms with Crippen LogP contribution in [0.4, 0.5) is 0 Å². The van der Waals surface area contributed by atoms with Crippen molar-refractivity contribution < 1.29 is 9.84 Å². The molecule has 0 fully saturated rings. The van der Waals surface area contributed by atoms with Crippen molar-refractivity contribution in [2.24, 2.45) is 5.73 Å². The third-order valence-electron chi connectivity index (χ3n) is 2.59. The summed E-state index contributed by atoms with van der Waals surface area (Å²) in [5.74, 6) is 0.866. The highest BCUT2D eigenvalue weighted by Gasteiger charge is 2.05. The average Bonchev–Trinajstić information content (AvgIpc) is 2.30. The van der Waals surface area contributed by atoms with Crippen molar-refractivity contribution >= 4 is 0 Å². The maximum Gasteiger partial charge on any atom is 0.124 e. The van der Waals surface area contributed by atoms with E-state index in [1.807, 2.05) is 26.1 Å². The van der Waals surface area contributed by atoms with Crippen LogP contribution in [0.1, 0.15) is 18.1 Å². The Morgan fingerprint density at radius 2 is 2.18 bits per heavy atom. The van der Waals surface area contributed by atoms with E-state index in [0.717, 1.165) is 17.9 Å². The second kappa shape index (κ2) is 7.27. The molecular weight excluding hydrogens is 216 g/mol. The minimum atomic E-state index is 0.176. The molecule has 4 heteroatoms. The van der Waals surface area contributed by atoms with Crippen molar-refractivity contribution in [3.63, 3.8) is 0 Å². The highest BCUT2D eigenvalue weighted by Crippen LogP contribution is 2.20. The summed E-state index contributed by atoms with van der Waals surface area (Å²) in [6.07, 6.45) is 0. The summed E-state index contributed by atoms with van der Waals surface area (Å²) >= 11 is 0. The Morgan fingerprint density at radius 3 is 2.76 bits per heavy atom. The number of ether oxygens (including phenoxy) is 1. The Hall–Kier alpha value is -1.10. The fraction of sp³-hybridized carbons (Fsp3) is 0.538. The van der Waals surface area contributed by atoms with Gasteiger partial charge in [-0.3, -0.25) is 4.90 Å². The van der Waals surface area contributed by atoms with Crippen LogP contribution < -0.4 is 10.5 Å². The fourth-order valence-corrected chi connectivity index (χ4v) is 1.72. The molecule has 0 bridgehead atoms. The molecule has 1 aromatic carbocycles. The topological polar surface area (TPSA) is 58.7 Å². The van der Waals surface area contributed by atoms with Crippen LogP contribution >= 0.6 is 0 Å². The number of aliphatic hydroxyl groups is 1. The molecule has 0 saturated carbocycles. The predicted molar refractivity (Wildman–Crippen MR) is 68.9 cm³/mol. The molecule has 17 heavy (non-hydrogen) atoms. The first-order valence-electron chi connectivity index (χ1n) is 5.95. The summed E-state index contributed by atoms with van der Waals surface area (Å²) < 4.78 is 5.56. The van der Waals surface area contributed by atoms with Gasteiger partial charge in [0.1, 0.15) is 5.75 Å². The van der Waals surface area contributed by atoms with E-state index >= 15 is 0 Å². The number of hydrogen-bond donors (Lipinski definition) is 2. The van der Waals surface area contributed by atoms with Gasteiger partial charge in [0.2, 0.25) is 0 Å². The van der Waals surface area contributed by atoms with Crippen LogP contribution in [-0.2, 0) is 13.1 Å². The molecule has 96 valence electrons. The lowest BCUT2D eigenvalue weighted by Gasteiger charge is -2.17. The second-order valence-electron chi connectivity index (χ2n) is 4.04. The number of aliphatic hydroxyl groups excluding tert-OH is 1. The first-order valence-corrected chi connectivity index (χ1v) is 5.95. The molecule has 0 heterocycles. The van der Waals surface area contributed by atoms with Crippen LogP contribution in [0.25, 0.3) is 0 Å². The lowest BCUT2D eigenvalue weighted by Crippen LogP contribution is -2.21. The number of rotatable bonds is 7. The first kappa shape index (κ1) is 14.0. The van der Waals surface area contributed by atoms with Crippen molar-refractivity contribution in [3.05, 3.63) is 29.3 Å². The Morgan fingerprint density at radius 1 is 1.41 bits per heavy atom. The van der Waals surface area contributed by atoms with E-state index in [4.69, 9.17) is 15.6 Å². The van der Waals surface area contributed by atoms with E-state index in [-0.39, 0.29) is 6.61 Å². The Labute approximate surface area is 103 Å². The standard InChI is InChI=1S/C13H22N2O2/c1-3-17-13-8-11(4-5-12(13)9-14)10-15(2)6-7-16/h4-5,8,16H,3,6-7,9-10,14H2,1-2H3. The van der Waals surface area contributed by atoms with Crippen LogP contribution in [0, 0.1) is 0 Å². The zero-order valence-corrected chi connectivity index (χ0v) is 10.6. The second-order valence-corrected chi connectivity index (χ2v) is 4.04. The van der Waals surface area contributed by atoms with Gasteiger partial charge < -0.3 is 15.6 Å².